The number of ether oxygens (including phenoxy) is 1. The maximum Gasteiger partial charge on any atom is 0.415 e. The molecular formula is C30H35ClN4O4. The lowest BCUT2D eigenvalue weighted by Crippen LogP contribution is -2.47. The summed E-state index contributed by atoms with van der Waals surface area (Å²) in [6.07, 6.45) is 6.40. The fourth-order valence-electron chi connectivity index (χ4n) is 5.63. The Morgan fingerprint density at radius 3 is 2.36 bits per heavy atom. The number of allylic oxidation sites excluding steroid dienone is 3. The molecule has 39 heavy (non-hydrogen) atoms. The van der Waals surface area contributed by atoms with Crippen LogP contribution < -0.4 is 0 Å². The second-order valence-corrected chi connectivity index (χ2v) is 10.8. The number of amides is 3. The number of nitriles is 1. The second-order valence-electron chi connectivity index (χ2n) is 10.4. The third-order valence-electron chi connectivity index (χ3n) is 8.07. The van der Waals surface area contributed by atoms with Gasteiger partial charge in [-0.3, -0.25) is 9.59 Å². The Morgan fingerprint density at radius 1 is 1.15 bits per heavy atom. The van der Waals surface area contributed by atoms with E-state index in [-0.39, 0.29) is 29.7 Å². The SMILES string of the molecule is C=C/C=C(\C=C)OC(=O)N(CC)[C@@H]1CN(C(=O)C2CCN(C(=O)C3(C#N)CC3)CC2)C[C@H]1c1ccc(Cl)cc1. The summed E-state index contributed by atoms with van der Waals surface area (Å²) < 4.78 is 5.57. The molecule has 3 amide bonds. The first-order valence-corrected chi connectivity index (χ1v) is 13.8. The number of hydrogen-bond acceptors (Lipinski definition) is 5. The van der Waals surface area contributed by atoms with Gasteiger partial charge in [-0.25, -0.2) is 4.79 Å². The van der Waals surface area contributed by atoms with Gasteiger partial charge in [-0.05, 0) is 62.5 Å². The fraction of sp³-hybridized carbons (Fsp3) is 0.467. The smallest absolute Gasteiger partial charge is 0.410 e. The van der Waals surface area contributed by atoms with E-state index in [0.717, 1.165) is 5.56 Å². The van der Waals surface area contributed by atoms with Crippen molar-refractivity contribution in [2.24, 2.45) is 11.3 Å². The quantitative estimate of drug-likeness (QED) is 0.339. The van der Waals surface area contributed by atoms with Crippen molar-refractivity contribution in [3.05, 3.63) is 72.0 Å². The summed E-state index contributed by atoms with van der Waals surface area (Å²) in [4.78, 5) is 44.9. The van der Waals surface area contributed by atoms with Crippen molar-refractivity contribution < 1.29 is 19.1 Å². The summed E-state index contributed by atoms with van der Waals surface area (Å²) in [6, 6.07) is 9.38. The maximum atomic E-state index is 13.7. The second kappa shape index (κ2) is 12.1. The minimum Gasteiger partial charge on any atom is -0.410 e. The average molecular weight is 551 g/mol. The van der Waals surface area contributed by atoms with Crippen LogP contribution in [0.1, 0.15) is 44.1 Å². The zero-order chi connectivity index (χ0) is 28.2. The number of benzene rings is 1. The van der Waals surface area contributed by atoms with Gasteiger partial charge >= 0.3 is 6.09 Å². The lowest BCUT2D eigenvalue weighted by molar-refractivity contribution is -0.141. The van der Waals surface area contributed by atoms with Gasteiger partial charge in [0.25, 0.3) is 0 Å². The van der Waals surface area contributed by atoms with Crippen molar-refractivity contribution in [2.75, 3.05) is 32.7 Å². The van der Waals surface area contributed by atoms with Gasteiger partial charge < -0.3 is 19.4 Å². The molecule has 1 saturated carbocycles. The molecule has 0 unspecified atom stereocenters. The predicted octanol–water partition coefficient (Wildman–Crippen LogP) is 4.89. The van der Waals surface area contributed by atoms with Crippen molar-refractivity contribution in [3.8, 4) is 6.07 Å². The van der Waals surface area contributed by atoms with E-state index in [1.807, 2.05) is 36.1 Å². The van der Waals surface area contributed by atoms with Gasteiger partial charge in [0.15, 0.2) is 0 Å². The molecule has 8 nitrogen and oxygen atoms in total. The Balaban J connectivity index is 1.49. The monoisotopic (exact) mass is 550 g/mol. The molecule has 0 bridgehead atoms. The third-order valence-corrected chi connectivity index (χ3v) is 8.32. The molecule has 0 aromatic heterocycles. The van der Waals surface area contributed by atoms with Crippen molar-refractivity contribution in [1.82, 2.24) is 14.7 Å². The molecule has 2 atom stereocenters. The summed E-state index contributed by atoms with van der Waals surface area (Å²) in [5, 5.41) is 9.99. The lowest BCUT2D eigenvalue weighted by Gasteiger charge is -2.34. The number of piperidine rings is 1. The number of rotatable bonds is 8. The van der Waals surface area contributed by atoms with Crippen LogP contribution >= 0.6 is 11.6 Å². The van der Waals surface area contributed by atoms with E-state index in [4.69, 9.17) is 16.3 Å². The highest BCUT2D eigenvalue weighted by atomic mass is 35.5. The molecule has 0 N–H and O–H groups in total. The Hall–Kier alpha value is -3.57. The number of hydrogen-bond donors (Lipinski definition) is 0. The van der Waals surface area contributed by atoms with Gasteiger partial charge in [-0.1, -0.05) is 43.0 Å². The topological polar surface area (TPSA) is 93.9 Å². The highest BCUT2D eigenvalue weighted by molar-refractivity contribution is 6.30. The van der Waals surface area contributed by atoms with Gasteiger partial charge in [0.2, 0.25) is 11.8 Å². The van der Waals surface area contributed by atoms with E-state index in [1.54, 1.807) is 15.9 Å². The van der Waals surface area contributed by atoms with E-state index >= 15 is 0 Å². The predicted molar refractivity (Wildman–Crippen MR) is 148 cm³/mol. The molecule has 0 radical (unpaired) electrons. The molecule has 3 aliphatic rings. The van der Waals surface area contributed by atoms with Crippen molar-refractivity contribution in [1.29, 1.82) is 5.26 Å². The first-order valence-electron chi connectivity index (χ1n) is 13.4. The average Bonchev–Trinajstić information content (AvgIpc) is 3.65. The maximum absolute atomic E-state index is 13.7. The molecule has 9 heteroatoms. The number of halogens is 1. The van der Waals surface area contributed by atoms with Crippen molar-refractivity contribution in [2.45, 2.75) is 44.6 Å². The number of carbonyl (C=O) groups excluding carboxylic acids is 3. The zero-order valence-corrected chi connectivity index (χ0v) is 23.1. The van der Waals surface area contributed by atoms with Gasteiger partial charge in [-0.2, -0.15) is 5.26 Å². The van der Waals surface area contributed by atoms with E-state index in [0.29, 0.717) is 69.2 Å². The Kier molecular flexibility index (Phi) is 8.81. The first kappa shape index (κ1) is 28.4. The van der Waals surface area contributed by atoms with Crippen LogP contribution in [0.4, 0.5) is 4.79 Å². The minimum atomic E-state index is -0.838. The number of likely N-dealkylation sites (N-methyl/N-ethyl adjacent to an activating group) is 1. The third kappa shape index (κ3) is 6.04. The minimum absolute atomic E-state index is 0.0349. The van der Waals surface area contributed by atoms with E-state index in [1.165, 1.54) is 12.2 Å². The van der Waals surface area contributed by atoms with Crippen molar-refractivity contribution >= 4 is 29.5 Å². The summed E-state index contributed by atoms with van der Waals surface area (Å²) in [5.74, 6) is -0.0931. The molecule has 1 aromatic rings. The van der Waals surface area contributed by atoms with Crippen LogP contribution in [0.3, 0.4) is 0 Å². The first-order chi connectivity index (χ1) is 18.8. The Morgan fingerprint density at radius 2 is 1.82 bits per heavy atom. The molecule has 2 aliphatic heterocycles. The molecule has 3 fully saturated rings. The van der Waals surface area contributed by atoms with Crippen LogP contribution in [-0.4, -0.2) is 71.4 Å². The number of carbonyl (C=O) groups is 3. The molecular weight excluding hydrogens is 516 g/mol. The molecule has 0 spiro atoms. The molecule has 1 aliphatic carbocycles. The van der Waals surface area contributed by atoms with Crippen LogP contribution in [0.15, 0.2) is 61.4 Å². The van der Waals surface area contributed by atoms with Crippen LogP contribution in [0, 0.1) is 22.7 Å². The molecule has 2 heterocycles. The van der Waals surface area contributed by atoms with Crippen LogP contribution in [0.5, 0.6) is 0 Å². The van der Waals surface area contributed by atoms with E-state index in [2.05, 4.69) is 19.2 Å². The Bertz CT molecular complexity index is 1190. The molecule has 206 valence electrons. The summed E-state index contributed by atoms with van der Waals surface area (Å²) in [5.41, 5.74) is 0.151. The zero-order valence-electron chi connectivity index (χ0n) is 22.4. The number of likely N-dealkylation sites (tertiary alicyclic amines) is 2. The van der Waals surface area contributed by atoms with Gasteiger partial charge in [0.1, 0.15) is 11.2 Å². The largest absolute Gasteiger partial charge is 0.415 e. The summed E-state index contributed by atoms with van der Waals surface area (Å²) in [7, 11) is 0. The van der Waals surface area contributed by atoms with Gasteiger partial charge in [0, 0.05) is 49.6 Å². The van der Waals surface area contributed by atoms with Crippen molar-refractivity contribution in [3.63, 3.8) is 0 Å². The molecule has 1 aromatic carbocycles. The Labute approximate surface area is 235 Å². The van der Waals surface area contributed by atoms with Gasteiger partial charge in [0.05, 0.1) is 12.1 Å². The van der Waals surface area contributed by atoms with Crippen LogP contribution in [0.25, 0.3) is 0 Å². The summed E-state index contributed by atoms with van der Waals surface area (Å²) >= 11 is 6.14. The van der Waals surface area contributed by atoms with E-state index < -0.39 is 11.5 Å². The van der Waals surface area contributed by atoms with E-state index in [9.17, 15) is 19.6 Å². The van der Waals surface area contributed by atoms with Crippen LogP contribution in [-0.2, 0) is 14.3 Å². The highest BCUT2D eigenvalue weighted by Gasteiger charge is 2.53. The molecule has 4 rings (SSSR count). The molecule has 2 saturated heterocycles. The standard InChI is InChI=1S/C30H35ClN4O4/c1-4-7-24(5-2)39-29(38)35(6-3)26-19-34(18-25(26)21-8-10-23(31)11-9-21)27(36)22-12-16-33(17-13-22)28(37)30(20-32)14-15-30/h4-5,7-11,22,25-26H,1-2,6,12-19H2,3H3/b24-7+/t25-,26+/m0/s1. The summed E-state index contributed by atoms with van der Waals surface area (Å²) in [6.45, 7) is 11.4. The fourth-order valence-corrected chi connectivity index (χ4v) is 5.75. The lowest BCUT2D eigenvalue weighted by atomic mass is 9.93. The highest BCUT2D eigenvalue weighted by Crippen LogP contribution is 2.47. The van der Waals surface area contributed by atoms with Gasteiger partial charge in [-0.15, -0.1) is 0 Å². The number of nitrogens with zero attached hydrogens (tertiary/aromatic N) is 4. The normalized spacial score (nSPS) is 22.5. The van der Waals surface area contributed by atoms with Crippen LogP contribution in [0.2, 0.25) is 5.02 Å².